The van der Waals surface area contributed by atoms with Crippen molar-refractivity contribution in [3.05, 3.63) is 83.6 Å². The molecule has 26 heavy (non-hydrogen) atoms. The minimum absolute atomic E-state index is 0.525. The number of imidazole rings is 1. The smallest absolute Gasteiger partial charge is 0.138 e. The number of aromatic nitrogens is 3. The summed E-state index contributed by atoms with van der Waals surface area (Å²) in [6.07, 6.45) is 3.55. The van der Waals surface area contributed by atoms with Gasteiger partial charge in [-0.2, -0.15) is 0 Å². The second-order valence-electron chi connectivity index (χ2n) is 5.95. The van der Waals surface area contributed by atoms with Crippen LogP contribution < -0.4 is 5.73 Å². The molecule has 3 N–H and O–H groups in total. The molecule has 0 aliphatic rings. The summed E-state index contributed by atoms with van der Waals surface area (Å²) in [7, 11) is 0. The Balaban J connectivity index is 1.85. The number of aromatic amines is 1. The Morgan fingerprint density at radius 2 is 1.46 bits per heavy atom. The molecular weight excluding hydrogens is 344 g/mol. The number of rotatable bonds is 4. The number of hydrogen-bond acceptors (Lipinski definition) is 3. The van der Waals surface area contributed by atoms with E-state index in [1.165, 1.54) is 0 Å². The van der Waals surface area contributed by atoms with Crippen LogP contribution in [-0.2, 0) is 6.54 Å². The molecule has 0 radical (unpaired) electrons. The molecule has 128 valence electrons. The van der Waals surface area contributed by atoms with Crippen molar-refractivity contribution in [2.24, 2.45) is 5.73 Å². The average Bonchev–Trinajstić information content (AvgIpc) is 3.15. The van der Waals surface area contributed by atoms with Gasteiger partial charge in [-0.05, 0) is 29.8 Å². The molecule has 5 heteroatoms. The summed E-state index contributed by atoms with van der Waals surface area (Å²) in [6, 6.07) is 19.7. The summed E-state index contributed by atoms with van der Waals surface area (Å²) in [5, 5.41) is 0.701. The predicted molar refractivity (Wildman–Crippen MR) is 106 cm³/mol. The van der Waals surface area contributed by atoms with Gasteiger partial charge in [-0.1, -0.05) is 48.0 Å². The van der Waals surface area contributed by atoms with Gasteiger partial charge in [0.15, 0.2) is 0 Å². The highest BCUT2D eigenvalue weighted by Gasteiger charge is 2.15. The van der Waals surface area contributed by atoms with E-state index in [1.54, 1.807) is 12.4 Å². The third-order valence-electron chi connectivity index (χ3n) is 4.25. The van der Waals surface area contributed by atoms with Crippen molar-refractivity contribution in [1.82, 2.24) is 15.0 Å². The molecule has 0 saturated carbocycles. The molecule has 4 nitrogen and oxygen atoms in total. The van der Waals surface area contributed by atoms with Crippen LogP contribution in [0.25, 0.3) is 33.9 Å². The van der Waals surface area contributed by atoms with E-state index >= 15 is 0 Å². The minimum atomic E-state index is 0.525. The van der Waals surface area contributed by atoms with Crippen LogP contribution in [0.2, 0.25) is 5.02 Å². The summed E-state index contributed by atoms with van der Waals surface area (Å²) in [4.78, 5) is 12.4. The number of benzene rings is 2. The van der Waals surface area contributed by atoms with E-state index in [0.717, 1.165) is 39.5 Å². The SMILES string of the molecule is NCc1ccc(-c2nc(-c3ccc(Cl)cc3)c(-c3ccncc3)[nH]2)cc1. The highest BCUT2D eigenvalue weighted by atomic mass is 35.5. The lowest BCUT2D eigenvalue weighted by Gasteiger charge is -2.03. The van der Waals surface area contributed by atoms with Crippen molar-refractivity contribution < 1.29 is 0 Å². The average molecular weight is 361 g/mol. The molecule has 0 bridgehead atoms. The molecule has 0 aliphatic heterocycles. The van der Waals surface area contributed by atoms with Crippen molar-refractivity contribution in [3.8, 4) is 33.9 Å². The van der Waals surface area contributed by atoms with Gasteiger partial charge in [-0.3, -0.25) is 4.98 Å². The molecule has 2 heterocycles. The zero-order valence-electron chi connectivity index (χ0n) is 14.0. The van der Waals surface area contributed by atoms with E-state index in [-0.39, 0.29) is 0 Å². The fraction of sp³-hybridized carbons (Fsp3) is 0.0476. The lowest BCUT2D eigenvalue weighted by molar-refractivity contribution is 1.07. The van der Waals surface area contributed by atoms with Gasteiger partial charge in [0.05, 0.1) is 11.4 Å². The third kappa shape index (κ3) is 3.25. The summed E-state index contributed by atoms with van der Waals surface area (Å²) in [5.74, 6) is 0.810. The molecule has 4 aromatic rings. The van der Waals surface area contributed by atoms with Crippen LogP contribution in [0, 0.1) is 0 Å². The molecule has 0 fully saturated rings. The number of halogens is 1. The van der Waals surface area contributed by atoms with E-state index in [4.69, 9.17) is 22.3 Å². The fourth-order valence-corrected chi connectivity index (χ4v) is 2.98. The summed E-state index contributed by atoms with van der Waals surface area (Å²) >= 11 is 6.04. The van der Waals surface area contributed by atoms with Gasteiger partial charge in [-0.15, -0.1) is 0 Å². The zero-order chi connectivity index (χ0) is 17.9. The topological polar surface area (TPSA) is 67.6 Å². The van der Waals surface area contributed by atoms with Crippen LogP contribution in [0.15, 0.2) is 73.1 Å². The Morgan fingerprint density at radius 3 is 2.12 bits per heavy atom. The van der Waals surface area contributed by atoms with Gasteiger partial charge >= 0.3 is 0 Å². The van der Waals surface area contributed by atoms with Crippen molar-refractivity contribution >= 4 is 11.6 Å². The summed E-state index contributed by atoms with van der Waals surface area (Å²) in [5.41, 5.74) is 11.7. The highest BCUT2D eigenvalue weighted by molar-refractivity contribution is 6.30. The molecule has 0 unspecified atom stereocenters. The highest BCUT2D eigenvalue weighted by Crippen LogP contribution is 2.33. The van der Waals surface area contributed by atoms with E-state index in [1.807, 2.05) is 60.7 Å². The van der Waals surface area contributed by atoms with Gasteiger partial charge < -0.3 is 10.7 Å². The molecular formula is C21H17ClN4. The van der Waals surface area contributed by atoms with Crippen LogP contribution in [0.3, 0.4) is 0 Å². The van der Waals surface area contributed by atoms with Crippen molar-refractivity contribution in [2.75, 3.05) is 0 Å². The van der Waals surface area contributed by atoms with Crippen LogP contribution in [-0.4, -0.2) is 15.0 Å². The number of nitrogens with two attached hydrogens (primary N) is 1. The van der Waals surface area contributed by atoms with Crippen molar-refractivity contribution in [1.29, 1.82) is 0 Å². The molecule has 0 saturated heterocycles. The second kappa shape index (κ2) is 7.12. The van der Waals surface area contributed by atoms with Crippen molar-refractivity contribution in [2.45, 2.75) is 6.54 Å². The maximum atomic E-state index is 6.04. The molecule has 0 spiro atoms. The monoisotopic (exact) mass is 360 g/mol. The molecule has 0 aliphatic carbocycles. The predicted octanol–water partition coefficient (Wildman–Crippen LogP) is 4.92. The number of H-pyrrole nitrogens is 1. The Hall–Kier alpha value is -2.95. The number of hydrogen-bond donors (Lipinski definition) is 2. The molecule has 4 rings (SSSR count). The van der Waals surface area contributed by atoms with Gasteiger partial charge in [0.25, 0.3) is 0 Å². The maximum absolute atomic E-state index is 6.04. The van der Waals surface area contributed by atoms with Crippen LogP contribution in [0.1, 0.15) is 5.56 Å². The second-order valence-corrected chi connectivity index (χ2v) is 6.39. The first kappa shape index (κ1) is 16.5. The first-order valence-corrected chi connectivity index (χ1v) is 8.68. The quantitative estimate of drug-likeness (QED) is 0.543. The minimum Gasteiger partial charge on any atom is -0.337 e. The molecule has 0 amide bonds. The Morgan fingerprint density at radius 1 is 0.808 bits per heavy atom. The normalized spacial score (nSPS) is 10.8. The van der Waals surface area contributed by atoms with Crippen LogP contribution in [0.4, 0.5) is 0 Å². The molecule has 2 aromatic heterocycles. The van der Waals surface area contributed by atoms with E-state index in [0.29, 0.717) is 11.6 Å². The number of pyridine rings is 1. The first-order chi connectivity index (χ1) is 12.7. The van der Waals surface area contributed by atoms with Gasteiger partial charge in [0.2, 0.25) is 0 Å². The molecule has 2 aromatic carbocycles. The Bertz CT molecular complexity index is 1010. The summed E-state index contributed by atoms with van der Waals surface area (Å²) < 4.78 is 0. The molecule has 0 atom stereocenters. The van der Waals surface area contributed by atoms with Crippen LogP contribution in [0.5, 0.6) is 0 Å². The lowest BCUT2D eigenvalue weighted by Crippen LogP contribution is -1.95. The van der Waals surface area contributed by atoms with Crippen molar-refractivity contribution in [3.63, 3.8) is 0 Å². The van der Waals surface area contributed by atoms with Gasteiger partial charge in [0, 0.05) is 40.7 Å². The largest absolute Gasteiger partial charge is 0.337 e. The van der Waals surface area contributed by atoms with Gasteiger partial charge in [0.1, 0.15) is 5.82 Å². The van der Waals surface area contributed by atoms with E-state index in [2.05, 4.69) is 9.97 Å². The number of nitrogens with one attached hydrogen (secondary N) is 1. The third-order valence-corrected chi connectivity index (χ3v) is 4.51. The fourth-order valence-electron chi connectivity index (χ4n) is 2.85. The standard InChI is InChI=1S/C21H17ClN4/c22-18-7-5-15(6-8-18)19-20(16-9-11-24-12-10-16)26-21(25-19)17-3-1-14(13-23)2-4-17/h1-12H,13,23H2,(H,25,26). The summed E-state index contributed by atoms with van der Waals surface area (Å²) in [6.45, 7) is 0.525. The van der Waals surface area contributed by atoms with Crippen LogP contribution >= 0.6 is 11.6 Å². The Kier molecular flexibility index (Phi) is 4.52. The van der Waals surface area contributed by atoms with E-state index < -0.39 is 0 Å². The van der Waals surface area contributed by atoms with Gasteiger partial charge in [-0.25, -0.2) is 4.98 Å². The lowest BCUT2D eigenvalue weighted by atomic mass is 10.1. The Labute approximate surface area is 156 Å². The first-order valence-electron chi connectivity index (χ1n) is 8.30. The zero-order valence-corrected chi connectivity index (χ0v) is 14.7. The number of nitrogens with zero attached hydrogens (tertiary/aromatic N) is 2. The maximum Gasteiger partial charge on any atom is 0.138 e. The van der Waals surface area contributed by atoms with E-state index in [9.17, 15) is 0 Å².